The minimum Gasteiger partial charge on any atom is -0.460 e. The third-order valence-corrected chi connectivity index (χ3v) is 13.1. The van der Waals surface area contributed by atoms with Gasteiger partial charge in [0.25, 0.3) is 0 Å². The van der Waals surface area contributed by atoms with Gasteiger partial charge in [-0.15, -0.1) is 0 Å². The first-order valence-electron chi connectivity index (χ1n) is 21.1. The second kappa shape index (κ2) is 15.3. The second-order valence-corrected chi connectivity index (χ2v) is 16.6. The first-order valence-corrected chi connectivity index (χ1v) is 21.1. The number of ether oxygens (including phenoxy) is 1. The molecule has 5 heteroatoms. The number of nitrogens with zero attached hydrogens (tertiary/aromatic N) is 3. The predicted octanol–water partition coefficient (Wildman–Crippen LogP) is 11.2. The van der Waals surface area contributed by atoms with Crippen LogP contribution in [0.3, 0.4) is 0 Å². The third kappa shape index (κ3) is 6.97. The molecule has 3 heterocycles. The number of hydrogen-bond acceptors (Lipinski definition) is 5. The van der Waals surface area contributed by atoms with E-state index >= 15 is 0 Å². The van der Waals surface area contributed by atoms with Gasteiger partial charge in [0.2, 0.25) is 0 Å². The van der Waals surface area contributed by atoms with Crippen molar-refractivity contribution >= 4 is 5.57 Å². The van der Waals surface area contributed by atoms with Gasteiger partial charge < -0.3 is 10.1 Å². The van der Waals surface area contributed by atoms with E-state index in [1.807, 2.05) is 0 Å². The van der Waals surface area contributed by atoms with Gasteiger partial charge in [-0.1, -0.05) is 121 Å². The van der Waals surface area contributed by atoms with E-state index < -0.39 is 0 Å². The molecule has 8 aliphatic rings. The van der Waals surface area contributed by atoms with Gasteiger partial charge in [0.15, 0.2) is 5.82 Å². The highest BCUT2D eigenvalue weighted by Gasteiger charge is 2.37. The van der Waals surface area contributed by atoms with E-state index in [1.54, 1.807) is 0 Å². The molecule has 55 heavy (non-hydrogen) atoms. The smallest absolute Gasteiger partial charge is 0.162 e. The van der Waals surface area contributed by atoms with Crippen molar-refractivity contribution in [3.05, 3.63) is 173 Å². The number of aromatic nitrogens is 3. The summed E-state index contributed by atoms with van der Waals surface area (Å²) in [7, 11) is 0. The summed E-state index contributed by atoms with van der Waals surface area (Å²) in [5.41, 5.74) is 6.60. The van der Waals surface area contributed by atoms with E-state index in [1.165, 1.54) is 41.5 Å². The van der Waals surface area contributed by atoms with Crippen molar-refractivity contribution in [1.29, 1.82) is 0 Å². The molecule has 5 nitrogen and oxygen atoms in total. The van der Waals surface area contributed by atoms with Crippen molar-refractivity contribution in [2.75, 3.05) is 0 Å². The maximum Gasteiger partial charge on any atom is 0.162 e. The summed E-state index contributed by atoms with van der Waals surface area (Å²) in [6.07, 6.45) is 52.0. The number of fused-ring (bicyclic) bond motifs is 3. The van der Waals surface area contributed by atoms with Gasteiger partial charge in [-0.3, -0.25) is 0 Å². The molecule has 8 atom stereocenters. The molecule has 1 aromatic carbocycles. The van der Waals surface area contributed by atoms with Crippen LogP contribution < -0.4 is 10.1 Å². The summed E-state index contributed by atoms with van der Waals surface area (Å²) >= 11 is 0. The van der Waals surface area contributed by atoms with Crippen LogP contribution in [0.2, 0.25) is 0 Å². The Bertz CT molecular complexity index is 2170. The molecular formula is C50H52N4O. The molecular weight excluding hydrogens is 673 g/mol. The van der Waals surface area contributed by atoms with E-state index in [0.717, 1.165) is 85.9 Å². The lowest BCUT2D eigenvalue weighted by molar-refractivity contribution is 0.359. The minimum atomic E-state index is 0.0638. The summed E-state index contributed by atoms with van der Waals surface area (Å²) in [6, 6.07) is 9.12. The van der Waals surface area contributed by atoms with Crippen LogP contribution in [0, 0.1) is 17.8 Å². The van der Waals surface area contributed by atoms with Crippen molar-refractivity contribution in [2.45, 2.75) is 100 Å². The molecule has 0 fully saturated rings. The van der Waals surface area contributed by atoms with Gasteiger partial charge in [-0.05, 0) is 99.3 Å². The molecule has 0 saturated carbocycles. The highest BCUT2D eigenvalue weighted by molar-refractivity contribution is 5.68. The van der Waals surface area contributed by atoms with Crippen LogP contribution in [0.5, 0.6) is 5.75 Å². The molecule has 0 bridgehead atoms. The molecule has 8 unspecified atom stereocenters. The molecule has 0 radical (unpaired) electrons. The summed E-state index contributed by atoms with van der Waals surface area (Å²) in [5, 5.41) is 4.14. The molecule has 10 rings (SSSR count). The number of hydrogen-bond donors (Lipinski definition) is 1. The van der Waals surface area contributed by atoms with Gasteiger partial charge in [0, 0.05) is 52.8 Å². The lowest BCUT2D eigenvalue weighted by atomic mass is 9.76. The van der Waals surface area contributed by atoms with Crippen LogP contribution in [0.15, 0.2) is 150 Å². The normalized spacial score (nSPS) is 32.1. The number of benzene rings is 1. The minimum absolute atomic E-state index is 0.0638. The van der Waals surface area contributed by atoms with Crippen LogP contribution in [-0.2, 0) is 0 Å². The summed E-state index contributed by atoms with van der Waals surface area (Å²) in [6.45, 7) is 0. The van der Waals surface area contributed by atoms with Crippen molar-refractivity contribution in [3.63, 3.8) is 0 Å². The Morgan fingerprint density at radius 3 is 2.40 bits per heavy atom. The monoisotopic (exact) mass is 724 g/mol. The first-order chi connectivity index (χ1) is 27.2. The Morgan fingerprint density at radius 1 is 0.655 bits per heavy atom. The fourth-order valence-corrected chi connectivity index (χ4v) is 10.1. The Balaban J connectivity index is 1.01. The van der Waals surface area contributed by atoms with Crippen LogP contribution in [-0.4, -0.2) is 27.0 Å². The Hall–Kier alpha value is -4.87. The topological polar surface area (TPSA) is 59.9 Å². The molecule has 0 amide bonds. The number of rotatable bonds is 7. The molecule has 1 N–H and O–H groups in total. The maximum atomic E-state index is 6.64. The van der Waals surface area contributed by atoms with Gasteiger partial charge >= 0.3 is 0 Å². The second-order valence-electron chi connectivity index (χ2n) is 16.6. The van der Waals surface area contributed by atoms with Gasteiger partial charge in [0.1, 0.15) is 23.2 Å². The molecule has 2 aliphatic heterocycles. The third-order valence-electron chi connectivity index (χ3n) is 13.1. The average molecular weight is 725 g/mol. The predicted molar refractivity (Wildman–Crippen MR) is 222 cm³/mol. The molecule has 6 aliphatic carbocycles. The van der Waals surface area contributed by atoms with E-state index in [9.17, 15) is 0 Å². The van der Waals surface area contributed by atoms with Crippen molar-refractivity contribution in [2.24, 2.45) is 17.8 Å². The zero-order valence-electron chi connectivity index (χ0n) is 31.8. The van der Waals surface area contributed by atoms with Crippen LogP contribution >= 0.6 is 0 Å². The number of nitrogens with one attached hydrogen (secondary N) is 1. The molecule has 2 aromatic rings. The van der Waals surface area contributed by atoms with Gasteiger partial charge in [0.05, 0.1) is 0 Å². The number of para-hydroxylation sites is 1. The van der Waals surface area contributed by atoms with Gasteiger partial charge in [-0.25, -0.2) is 15.0 Å². The zero-order chi connectivity index (χ0) is 36.6. The fourth-order valence-electron chi connectivity index (χ4n) is 10.1. The zero-order valence-corrected chi connectivity index (χ0v) is 31.8. The standard InChI is InChI=1S/C50H52N4O/c1-4-14-33(15-5-1)34-26-28-37(29-27-34)48-52-49(54-50(53-48)43-24-13-23-42-41-22-10-11-25-45(41)55-47(42)43)39-21-12-20-38(32-39)40-30-31-44(35-16-6-2-7-17-35)51-46(40)36-18-8-3-9-19-36/h1,4-6,8,10-12,14,16,18-20,22,25-28,30-33,35,37,39-40,42,44,46,51H,2-3,7,9,13,15,17,21,23-24,29H2. The highest BCUT2D eigenvalue weighted by atomic mass is 16.5. The van der Waals surface area contributed by atoms with E-state index in [0.29, 0.717) is 17.9 Å². The lowest BCUT2D eigenvalue weighted by Gasteiger charge is -2.39. The fraction of sp³-hybridized carbons (Fsp3) is 0.380. The Kier molecular flexibility index (Phi) is 9.65. The van der Waals surface area contributed by atoms with Crippen molar-refractivity contribution in [1.82, 2.24) is 20.3 Å². The molecule has 1 aromatic heterocycles. The van der Waals surface area contributed by atoms with E-state index in [4.69, 9.17) is 19.7 Å². The summed E-state index contributed by atoms with van der Waals surface area (Å²) in [4.78, 5) is 16.1. The van der Waals surface area contributed by atoms with Crippen LogP contribution in [0.4, 0.5) is 0 Å². The lowest BCUT2D eigenvalue weighted by Crippen LogP contribution is -2.49. The summed E-state index contributed by atoms with van der Waals surface area (Å²) < 4.78 is 6.64. The average Bonchev–Trinajstić information content (AvgIpc) is 3.66. The highest BCUT2D eigenvalue weighted by Crippen LogP contribution is 2.50. The first kappa shape index (κ1) is 34.6. The van der Waals surface area contributed by atoms with Gasteiger partial charge in [-0.2, -0.15) is 0 Å². The molecule has 0 saturated heterocycles. The summed E-state index contributed by atoms with van der Waals surface area (Å²) in [5.74, 6) is 6.25. The SMILES string of the molecule is C1=CCC(C2=CCC(c3nc(C4=C5Oc6ccccc6C5CCC4)nc(C4C=C(C5C=CC(C6C=CCCC6)NC5C5=CCCC=C5)C=CC4)n3)C=C2)C=C1. The van der Waals surface area contributed by atoms with Crippen LogP contribution in [0.1, 0.15) is 111 Å². The largest absolute Gasteiger partial charge is 0.460 e. The Morgan fingerprint density at radius 2 is 1.56 bits per heavy atom. The van der Waals surface area contributed by atoms with E-state index in [2.05, 4.69) is 133 Å². The maximum absolute atomic E-state index is 6.64. The molecule has 278 valence electrons. The van der Waals surface area contributed by atoms with Crippen LogP contribution in [0.25, 0.3) is 5.57 Å². The van der Waals surface area contributed by atoms with Crippen molar-refractivity contribution in [3.8, 4) is 5.75 Å². The van der Waals surface area contributed by atoms with E-state index in [-0.39, 0.29) is 29.7 Å². The Labute approximate surface area is 326 Å². The van der Waals surface area contributed by atoms with Crippen molar-refractivity contribution < 1.29 is 4.74 Å². The quantitative estimate of drug-likeness (QED) is 0.288. The number of allylic oxidation sites excluding steroid dienone is 16. The molecule has 0 spiro atoms.